The Morgan fingerprint density at radius 1 is 0.234 bits per heavy atom. The molecule has 0 aromatic carbocycles. The summed E-state index contributed by atoms with van der Waals surface area (Å²) in [7, 11) is -12.6. The fourth-order valence-electron chi connectivity index (χ4n) is 8.49. The Morgan fingerprint density at radius 3 is 0.531 bits per heavy atom. The van der Waals surface area contributed by atoms with E-state index in [9.17, 15) is 0 Å². The highest BCUT2D eigenvalue weighted by Crippen LogP contribution is 2.39. The van der Waals surface area contributed by atoms with Gasteiger partial charge in [-0.1, -0.05) is 0 Å². The summed E-state index contributed by atoms with van der Waals surface area (Å²) in [6.07, 6.45) is 0. The van der Waals surface area contributed by atoms with E-state index in [1.54, 1.807) is 85.3 Å². The lowest BCUT2D eigenvalue weighted by atomic mass is 10.9. The van der Waals surface area contributed by atoms with Gasteiger partial charge in [0.2, 0.25) is 0 Å². The SMILES string of the molecule is CO[Si](CC[Si]1(C)O[Si](C)(C)O[Si](C)(C)O[Si](C)(CC[Si](OC)(OC)OC)O1)(OC)OC.CO[Si](CC[Si]1(C)O[Si](C)(C)O[Si](C)(CC[Si](OC)(OC)OC)O[Si](C)(C)O1)(OC)OC. The van der Waals surface area contributed by atoms with Crippen molar-refractivity contribution in [3.8, 4) is 0 Å². The minimum absolute atomic E-state index is 0.585. The fraction of sp³-hybridized carbons (Fsp3) is 1.00. The Morgan fingerprint density at radius 2 is 0.375 bits per heavy atom. The van der Waals surface area contributed by atoms with Crippen LogP contribution < -0.4 is 0 Å². The van der Waals surface area contributed by atoms with Gasteiger partial charge >= 0.3 is 104 Å². The van der Waals surface area contributed by atoms with Gasteiger partial charge in [0.25, 0.3) is 0 Å². The molecule has 0 radical (unpaired) electrons. The van der Waals surface area contributed by atoms with E-state index in [0.29, 0.717) is 48.4 Å². The molecular formula is C32H88O20Si12. The molecule has 0 spiro atoms. The Bertz CT molecular complexity index is 1230. The maximum absolute atomic E-state index is 6.93. The molecule has 2 heterocycles. The van der Waals surface area contributed by atoms with Gasteiger partial charge in [0, 0.05) is 109 Å². The summed E-state index contributed by atoms with van der Waals surface area (Å²) >= 11 is 0. The van der Waals surface area contributed by atoms with Crippen molar-refractivity contribution in [1.29, 1.82) is 0 Å². The first-order valence-electron chi connectivity index (χ1n) is 21.4. The molecule has 64 heavy (non-hydrogen) atoms. The molecule has 0 aromatic heterocycles. The topological polar surface area (TPSA) is 185 Å². The van der Waals surface area contributed by atoms with Crippen LogP contribution in [0.15, 0.2) is 0 Å². The molecule has 2 saturated heterocycles. The maximum Gasteiger partial charge on any atom is 0.500 e. The Labute approximate surface area is 399 Å². The van der Waals surface area contributed by atoms with Crippen molar-refractivity contribution < 1.29 is 86.0 Å². The van der Waals surface area contributed by atoms with Crippen molar-refractivity contribution in [2.24, 2.45) is 0 Å². The Kier molecular flexibility index (Phi) is 25.4. The van der Waals surface area contributed by atoms with Crippen LogP contribution in [-0.4, -0.2) is 189 Å². The quantitative estimate of drug-likeness (QED) is 0.0925. The first-order chi connectivity index (χ1) is 29.2. The van der Waals surface area contributed by atoms with Crippen LogP contribution in [0.3, 0.4) is 0 Å². The van der Waals surface area contributed by atoms with Crippen molar-refractivity contribution in [3.63, 3.8) is 0 Å². The monoisotopic (exact) mass is 1130 g/mol. The predicted molar refractivity (Wildman–Crippen MR) is 271 cm³/mol. The second-order valence-corrected chi connectivity index (χ2v) is 59.3. The van der Waals surface area contributed by atoms with E-state index in [2.05, 4.69) is 78.6 Å². The molecule has 0 bridgehead atoms. The van der Waals surface area contributed by atoms with Gasteiger partial charge in [-0.3, -0.25) is 0 Å². The van der Waals surface area contributed by atoms with Crippen LogP contribution >= 0.6 is 0 Å². The van der Waals surface area contributed by atoms with Crippen LogP contribution in [0.5, 0.6) is 0 Å². The predicted octanol–water partition coefficient (Wildman–Crippen LogP) is 6.74. The summed E-state index contributed by atoms with van der Waals surface area (Å²) in [4.78, 5) is 0. The zero-order chi connectivity index (χ0) is 49.8. The van der Waals surface area contributed by atoms with E-state index in [1.807, 2.05) is 0 Å². The van der Waals surface area contributed by atoms with E-state index in [-0.39, 0.29) is 0 Å². The molecule has 0 aromatic rings. The molecule has 2 aliphatic rings. The molecule has 2 fully saturated rings. The zero-order valence-electron chi connectivity index (χ0n) is 43.8. The van der Waals surface area contributed by atoms with Crippen molar-refractivity contribution in [2.75, 3.05) is 85.3 Å². The first kappa shape index (κ1) is 63.8. The molecule has 2 rings (SSSR count). The summed E-state index contributed by atoms with van der Waals surface area (Å²) < 4.78 is 121. The highest BCUT2D eigenvalue weighted by Gasteiger charge is 2.58. The summed E-state index contributed by atoms with van der Waals surface area (Å²) in [6.45, 7) is 24.7. The Balaban J connectivity index is 0.000000640. The van der Waals surface area contributed by atoms with Gasteiger partial charge in [0.1, 0.15) is 0 Å². The minimum atomic E-state index is -2.78. The van der Waals surface area contributed by atoms with Gasteiger partial charge in [0.05, 0.1) is 0 Å². The molecule has 20 nitrogen and oxygen atoms in total. The number of hydrogen-bond acceptors (Lipinski definition) is 20. The van der Waals surface area contributed by atoms with Gasteiger partial charge in [-0.25, -0.2) is 0 Å². The average Bonchev–Trinajstić information content (AvgIpc) is 3.18. The zero-order valence-corrected chi connectivity index (χ0v) is 55.8. The largest absolute Gasteiger partial charge is 0.500 e. The average molecular weight is 1130 g/mol. The number of rotatable bonds is 24. The molecule has 2 unspecified atom stereocenters. The van der Waals surface area contributed by atoms with E-state index >= 15 is 0 Å². The van der Waals surface area contributed by atoms with E-state index in [0.717, 1.165) is 0 Å². The van der Waals surface area contributed by atoms with E-state index in [1.165, 1.54) is 0 Å². The molecule has 0 amide bonds. The highest BCUT2D eigenvalue weighted by molar-refractivity contribution is 6.95. The van der Waals surface area contributed by atoms with E-state index < -0.39 is 104 Å². The van der Waals surface area contributed by atoms with Crippen molar-refractivity contribution in [2.45, 2.75) is 127 Å². The van der Waals surface area contributed by atoms with Crippen LogP contribution in [0.4, 0.5) is 0 Å². The second-order valence-electron chi connectivity index (χ2n) is 18.1. The lowest BCUT2D eigenvalue weighted by Gasteiger charge is -2.49. The van der Waals surface area contributed by atoms with Crippen LogP contribution in [0.25, 0.3) is 0 Å². The molecule has 0 saturated carbocycles. The molecule has 0 aliphatic carbocycles. The minimum Gasteiger partial charge on any atom is -0.416 e. The fourth-order valence-corrected chi connectivity index (χ4v) is 66.0. The third kappa shape index (κ3) is 19.4. The van der Waals surface area contributed by atoms with Gasteiger partial charge in [-0.2, -0.15) is 0 Å². The lowest BCUT2D eigenvalue weighted by molar-refractivity contribution is 0.122. The smallest absolute Gasteiger partial charge is 0.416 e. The third-order valence-corrected chi connectivity index (χ3v) is 58.1. The first-order valence-corrected chi connectivity index (χ1v) is 50.5. The van der Waals surface area contributed by atoms with Crippen LogP contribution in [0.1, 0.15) is 0 Å². The molecule has 2 atom stereocenters. The standard InChI is InChI=1S/2C16H44O10Si6/c1-17-31(18-2,19-3)15-13-29(11)23-27(7,8)25-30(12,26-28(9,10)24-29)14-16-32(20-4,21-5)22-6;1-17-31(18-2,19-3)15-13-29(11)24-27(7,8)23-28(9,10)25-30(12,26-29)14-16-32(20-4,21-5)22-6/h2*13-16H2,1-12H3. The number of hydrogen-bond donors (Lipinski definition) is 0. The van der Waals surface area contributed by atoms with Crippen LogP contribution in [-0.2, 0) is 86.0 Å². The van der Waals surface area contributed by atoms with Gasteiger partial charge in [-0.05, 0) is 103 Å². The maximum atomic E-state index is 6.93. The highest BCUT2D eigenvalue weighted by atomic mass is 28.5. The molecule has 384 valence electrons. The molecular weight excluding hydrogens is 1040 g/mol. The van der Waals surface area contributed by atoms with Crippen molar-refractivity contribution in [3.05, 3.63) is 0 Å². The van der Waals surface area contributed by atoms with Gasteiger partial charge in [0.15, 0.2) is 0 Å². The van der Waals surface area contributed by atoms with Crippen LogP contribution in [0, 0.1) is 0 Å². The van der Waals surface area contributed by atoms with Crippen LogP contribution in [0.2, 0.25) is 127 Å². The molecule has 32 heteroatoms. The lowest BCUT2D eigenvalue weighted by Crippen LogP contribution is -2.66. The summed E-state index contributed by atoms with van der Waals surface area (Å²) in [5, 5.41) is 0. The Hall–Kier alpha value is 1.80. The van der Waals surface area contributed by atoms with Crippen molar-refractivity contribution >= 4 is 104 Å². The summed E-state index contributed by atoms with van der Waals surface area (Å²) in [5.74, 6) is 0. The second kappa shape index (κ2) is 25.5. The molecule has 2 aliphatic heterocycles. The third-order valence-electron chi connectivity index (χ3n) is 11.0. The van der Waals surface area contributed by atoms with Gasteiger partial charge < -0.3 is 86.0 Å². The molecule has 0 N–H and O–H groups in total. The summed E-state index contributed by atoms with van der Waals surface area (Å²) in [6, 6.07) is 5.00. The van der Waals surface area contributed by atoms with Gasteiger partial charge in [-0.15, -0.1) is 0 Å². The van der Waals surface area contributed by atoms with Crippen molar-refractivity contribution in [1.82, 2.24) is 0 Å². The van der Waals surface area contributed by atoms with E-state index in [4.69, 9.17) is 86.0 Å². The normalized spacial score (nSPS) is 28.9. The summed E-state index contributed by atoms with van der Waals surface area (Å²) in [5.41, 5.74) is 0.